The smallest absolute Gasteiger partial charge is 0.273 e. The summed E-state index contributed by atoms with van der Waals surface area (Å²) < 4.78 is 69.2. The van der Waals surface area contributed by atoms with Crippen LogP contribution in [0.5, 0.6) is 0 Å². The van der Waals surface area contributed by atoms with Crippen molar-refractivity contribution in [3.63, 3.8) is 0 Å². The standard InChI is InChI=1S/C24H20F3N5O4S2/c1-16(30-38(35,36)21-9-5-8-18(14-21)24(25,26)27)22-28-29-23(37-15-17-6-3-2-4-7-17)31(22)19-10-12-20(13-11-19)32(33)34/h2-14,16,30H,15H2,1H3. The van der Waals surface area contributed by atoms with E-state index in [-0.39, 0.29) is 11.5 Å². The van der Waals surface area contributed by atoms with Gasteiger partial charge in [-0.25, -0.2) is 13.1 Å². The third kappa shape index (κ3) is 6.20. The van der Waals surface area contributed by atoms with Crippen molar-refractivity contribution in [1.29, 1.82) is 0 Å². The molecule has 0 spiro atoms. The molecule has 14 heteroatoms. The maximum absolute atomic E-state index is 13.1. The first-order chi connectivity index (χ1) is 18.0. The molecule has 1 N–H and O–H groups in total. The number of halogens is 3. The zero-order valence-corrected chi connectivity index (χ0v) is 21.3. The molecule has 0 saturated carbocycles. The van der Waals surface area contributed by atoms with Crippen molar-refractivity contribution in [3.8, 4) is 5.69 Å². The van der Waals surface area contributed by atoms with Gasteiger partial charge in [0, 0.05) is 23.6 Å². The van der Waals surface area contributed by atoms with Crippen molar-refractivity contribution >= 4 is 27.5 Å². The van der Waals surface area contributed by atoms with E-state index in [0.29, 0.717) is 22.7 Å². The number of sulfonamides is 1. The number of rotatable bonds is 9. The van der Waals surface area contributed by atoms with Crippen molar-refractivity contribution in [1.82, 2.24) is 19.5 Å². The van der Waals surface area contributed by atoms with Gasteiger partial charge in [-0.3, -0.25) is 14.7 Å². The van der Waals surface area contributed by atoms with Crippen LogP contribution in [-0.2, 0) is 22.0 Å². The van der Waals surface area contributed by atoms with Crippen LogP contribution in [-0.4, -0.2) is 28.1 Å². The molecule has 1 heterocycles. The first-order valence-electron chi connectivity index (χ1n) is 11.0. The van der Waals surface area contributed by atoms with Gasteiger partial charge < -0.3 is 0 Å². The molecule has 3 aromatic carbocycles. The Kier molecular flexibility index (Phi) is 7.85. The number of aromatic nitrogens is 3. The Labute approximate surface area is 219 Å². The summed E-state index contributed by atoms with van der Waals surface area (Å²) in [4.78, 5) is 10.00. The molecule has 1 atom stereocenters. The van der Waals surface area contributed by atoms with Crippen molar-refractivity contribution in [2.75, 3.05) is 0 Å². The van der Waals surface area contributed by atoms with Gasteiger partial charge >= 0.3 is 6.18 Å². The van der Waals surface area contributed by atoms with Crippen molar-refractivity contribution in [3.05, 3.63) is 106 Å². The summed E-state index contributed by atoms with van der Waals surface area (Å²) >= 11 is 1.32. The molecular formula is C24H20F3N5O4S2. The Hall–Kier alpha value is -3.75. The number of hydrogen-bond acceptors (Lipinski definition) is 7. The van der Waals surface area contributed by atoms with Gasteiger partial charge in [0.25, 0.3) is 5.69 Å². The quantitative estimate of drug-likeness (QED) is 0.162. The second-order valence-corrected chi connectivity index (χ2v) is 10.7. The van der Waals surface area contributed by atoms with Gasteiger partial charge in [-0.15, -0.1) is 10.2 Å². The summed E-state index contributed by atoms with van der Waals surface area (Å²) in [5.74, 6) is 0.654. The van der Waals surface area contributed by atoms with E-state index in [1.807, 2.05) is 30.3 Å². The molecule has 1 aromatic heterocycles. The van der Waals surface area contributed by atoms with Gasteiger partial charge in [-0.05, 0) is 42.8 Å². The monoisotopic (exact) mass is 563 g/mol. The van der Waals surface area contributed by atoms with E-state index in [1.54, 1.807) is 4.57 Å². The number of benzene rings is 3. The second kappa shape index (κ2) is 10.9. The Balaban J connectivity index is 1.68. The molecule has 9 nitrogen and oxygen atoms in total. The van der Waals surface area contributed by atoms with E-state index in [9.17, 15) is 31.7 Å². The molecule has 0 aliphatic rings. The third-order valence-electron chi connectivity index (χ3n) is 5.38. The van der Waals surface area contributed by atoms with Crippen molar-refractivity contribution < 1.29 is 26.5 Å². The minimum absolute atomic E-state index is 0.139. The van der Waals surface area contributed by atoms with Crippen LogP contribution >= 0.6 is 11.8 Å². The summed E-state index contributed by atoms with van der Waals surface area (Å²) in [6, 6.07) is 17.4. The van der Waals surface area contributed by atoms with Gasteiger partial charge in [-0.2, -0.15) is 13.2 Å². The zero-order chi connectivity index (χ0) is 27.5. The summed E-state index contributed by atoms with van der Waals surface area (Å²) in [5, 5.41) is 19.8. The highest BCUT2D eigenvalue weighted by Gasteiger charge is 2.32. The van der Waals surface area contributed by atoms with Crippen LogP contribution in [0.1, 0.15) is 29.9 Å². The van der Waals surface area contributed by atoms with E-state index in [2.05, 4.69) is 14.9 Å². The molecule has 4 aromatic rings. The molecule has 0 bridgehead atoms. The predicted molar refractivity (Wildman–Crippen MR) is 134 cm³/mol. The first kappa shape index (κ1) is 27.3. The van der Waals surface area contributed by atoms with Gasteiger partial charge in [0.1, 0.15) is 0 Å². The molecule has 198 valence electrons. The summed E-state index contributed by atoms with van der Waals surface area (Å²) in [6.45, 7) is 1.47. The number of thioether (sulfide) groups is 1. The van der Waals surface area contributed by atoms with Gasteiger partial charge in [0.2, 0.25) is 10.0 Å². The highest BCUT2D eigenvalue weighted by molar-refractivity contribution is 7.98. The maximum Gasteiger partial charge on any atom is 0.416 e. The fourth-order valence-electron chi connectivity index (χ4n) is 3.54. The number of nitro benzene ring substituents is 1. The summed E-state index contributed by atoms with van der Waals surface area (Å²) in [6.07, 6.45) is -4.71. The topological polar surface area (TPSA) is 120 Å². The van der Waals surface area contributed by atoms with E-state index in [4.69, 9.17) is 0 Å². The zero-order valence-electron chi connectivity index (χ0n) is 19.7. The van der Waals surface area contributed by atoms with Crippen LogP contribution in [0.2, 0.25) is 0 Å². The maximum atomic E-state index is 13.1. The van der Waals surface area contributed by atoms with Crippen LogP contribution in [0.3, 0.4) is 0 Å². The third-order valence-corrected chi connectivity index (χ3v) is 7.92. The number of alkyl halides is 3. The fraction of sp³-hybridized carbons (Fsp3) is 0.167. The average Bonchev–Trinajstić information content (AvgIpc) is 3.32. The van der Waals surface area contributed by atoms with Crippen LogP contribution < -0.4 is 4.72 Å². The van der Waals surface area contributed by atoms with Gasteiger partial charge in [-0.1, -0.05) is 48.2 Å². The molecule has 0 aliphatic heterocycles. The molecule has 0 radical (unpaired) electrons. The van der Waals surface area contributed by atoms with Gasteiger partial charge in [0.05, 0.1) is 21.4 Å². The van der Waals surface area contributed by atoms with Crippen LogP contribution in [0.15, 0.2) is 88.9 Å². The summed E-state index contributed by atoms with van der Waals surface area (Å²) in [5.41, 5.74) is 0.203. The molecule has 0 fully saturated rings. The minimum atomic E-state index is -4.71. The summed E-state index contributed by atoms with van der Waals surface area (Å²) in [7, 11) is -4.38. The SMILES string of the molecule is CC(NS(=O)(=O)c1cccc(C(F)(F)F)c1)c1nnc(SCc2ccccc2)n1-c1ccc([N+](=O)[O-])cc1. The van der Waals surface area contributed by atoms with Crippen LogP contribution in [0.25, 0.3) is 5.69 Å². The van der Waals surface area contributed by atoms with Crippen LogP contribution in [0, 0.1) is 10.1 Å². The molecule has 0 saturated heterocycles. The van der Waals surface area contributed by atoms with E-state index >= 15 is 0 Å². The molecule has 4 rings (SSSR count). The second-order valence-electron chi connectivity index (χ2n) is 8.09. The Morgan fingerprint density at radius 2 is 1.71 bits per heavy atom. The normalized spacial score (nSPS) is 12.8. The van der Waals surface area contributed by atoms with Crippen molar-refractivity contribution in [2.45, 2.75) is 34.9 Å². The Bertz CT molecular complexity index is 1540. The van der Waals surface area contributed by atoms with Crippen molar-refractivity contribution in [2.24, 2.45) is 0 Å². The lowest BCUT2D eigenvalue weighted by Gasteiger charge is -2.17. The Morgan fingerprint density at radius 1 is 1.03 bits per heavy atom. The molecular weight excluding hydrogens is 543 g/mol. The number of nitrogens with zero attached hydrogens (tertiary/aromatic N) is 4. The number of nitrogens with one attached hydrogen (secondary N) is 1. The van der Waals surface area contributed by atoms with Crippen LogP contribution in [0.4, 0.5) is 18.9 Å². The molecule has 1 unspecified atom stereocenters. The van der Waals surface area contributed by atoms with Gasteiger partial charge in [0.15, 0.2) is 11.0 Å². The Morgan fingerprint density at radius 3 is 2.34 bits per heavy atom. The average molecular weight is 564 g/mol. The lowest BCUT2D eigenvalue weighted by Crippen LogP contribution is -2.29. The highest BCUT2D eigenvalue weighted by atomic mass is 32.2. The first-order valence-corrected chi connectivity index (χ1v) is 13.5. The van der Waals surface area contributed by atoms with E-state index < -0.39 is 37.6 Å². The lowest BCUT2D eigenvalue weighted by molar-refractivity contribution is -0.384. The van der Waals surface area contributed by atoms with E-state index in [1.165, 1.54) is 43.0 Å². The number of hydrogen-bond donors (Lipinski definition) is 1. The molecule has 0 amide bonds. The molecule has 0 aliphatic carbocycles. The lowest BCUT2D eigenvalue weighted by atomic mass is 10.2. The number of non-ortho nitro benzene ring substituents is 1. The number of nitro groups is 1. The fourth-order valence-corrected chi connectivity index (χ4v) is 5.70. The highest BCUT2D eigenvalue weighted by Crippen LogP contribution is 2.32. The van der Waals surface area contributed by atoms with E-state index in [0.717, 1.165) is 23.8 Å². The predicted octanol–water partition coefficient (Wildman–Crippen LogP) is 5.53. The largest absolute Gasteiger partial charge is 0.416 e. The minimum Gasteiger partial charge on any atom is -0.273 e. The molecule has 38 heavy (non-hydrogen) atoms.